The first-order valence-electron chi connectivity index (χ1n) is 6.74. The summed E-state index contributed by atoms with van der Waals surface area (Å²) in [5.74, 6) is 0.342. The van der Waals surface area contributed by atoms with Gasteiger partial charge in [-0.15, -0.1) is 0 Å². The van der Waals surface area contributed by atoms with Gasteiger partial charge in [-0.3, -0.25) is 19.4 Å². The third-order valence-electron chi connectivity index (χ3n) is 3.27. The zero-order chi connectivity index (χ0) is 16.3. The highest BCUT2D eigenvalue weighted by Crippen LogP contribution is 2.11. The molecule has 7 nitrogen and oxygen atoms in total. The maximum Gasteiger partial charge on any atom is 0.329 e. The first-order chi connectivity index (χ1) is 10.4. The monoisotopic (exact) mass is 301 g/mol. The molecule has 0 fully saturated rings. The second kappa shape index (κ2) is 6.30. The number of H-pyrrole nitrogens is 1. The van der Waals surface area contributed by atoms with Gasteiger partial charge in [0.15, 0.2) is 0 Å². The van der Waals surface area contributed by atoms with Crippen molar-refractivity contribution in [1.29, 1.82) is 0 Å². The van der Waals surface area contributed by atoms with Gasteiger partial charge in [0.25, 0.3) is 5.56 Å². The van der Waals surface area contributed by atoms with Gasteiger partial charge in [-0.05, 0) is 17.7 Å². The molecule has 1 aromatic heterocycles. The summed E-state index contributed by atoms with van der Waals surface area (Å²) in [4.78, 5) is 27.8. The van der Waals surface area contributed by atoms with Crippen LogP contribution in [0.3, 0.4) is 0 Å². The van der Waals surface area contributed by atoms with E-state index in [-0.39, 0.29) is 5.56 Å². The number of anilines is 2. The normalized spacial score (nSPS) is 10.9. The van der Waals surface area contributed by atoms with Crippen LogP contribution >= 0.6 is 0 Å². The second-order valence-corrected chi connectivity index (χ2v) is 5.11. The Morgan fingerprint density at radius 1 is 1.14 bits per heavy atom. The van der Waals surface area contributed by atoms with E-state index in [1.807, 2.05) is 43.3 Å². The molecule has 0 aliphatic heterocycles. The van der Waals surface area contributed by atoms with Crippen molar-refractivity contribution >= 4 is 17.7 Å². The third kappa shape index (κ3) is 3.43. The highest BCUT2D eigenvalue weighted by molar-refractivity contribution is 5.81. The van der Waals surface area contributed by atoms with E-state index in [0.717, 1.165) is 15.8 Å². The van der Waals surface area contributed by atoms with Gasteiger partial charge in [-0.25, -0.2) is 4.79 Å². The van der Waals surface area contributed by atoms with Gasteiger partial charge in [-0.2, -0.15) is 5.10 Å². The number of benzene rings is 1. The minimum Gasteiger partial charge on any atom is -0.378 e. The average Bonchev–Trinajstić information content (AvgIpc) is 2.50. The number of hydrogen-bond acceptors (Lipinski definition) is 5. The van der Waals surface area contributed by atoms with Crippen molar-refractivity contribution in [2.24, 2.45) is 12.1 Å². The largest absolute Gasteiger partial charge is 0.378 e. The molecule has 22 heavy (non-hydrogen) atoms. The molecular weight excluding hydrogens is 282 g/mol. The Morgan fingerprint density at radius 3 is 2.32 bits per heavy atom. The van der Waals surface area contributed by atoms with E-state index in [4.69, 9.17) is 0 Å². The number of aromatic nitrogens is 2. The van der Waals surface area contributed by atoms with Crippen LogP contribution in [0.15, 0.2) is 45.0 Å². The van der Waals surface area contributed by atoms with Gasteiger partial charge in [0.05, 0.1) is 6.21 Å². The molecule has 0 aliphatic carbocycles. The number of nitrogens with zero attached hydrogens (tertiary/aromatic N) is 4. The van der Waals surface area contributed by atoms with Crippen molar-refractivity contribution in [2.75, 3.05) is 31.1 Å². The Morgan fingerprint density at radius 2 is 1.77 bits per heavy atom. The molecule has 0 saturated carbocycles. The van der Waals surface area contributed by atoms with Crippen molar-refractivity contribution in [3.8, 4) is 0 Å². The Balaban J connectivity index is 2.19. The summed E-state index contributed by atoms with van der Waals surface area (Å²) in [6.45, 7) is 0. The Kier molecular flexibility index (Phi) is 4.45. The predicted octanol–water partition coefficient (Wildman–Crippen LogP) is 0.610. The lowest BCUT2D eigenvalue weighted by Crippen LogP contribution is -2.33. The minimum atomic E-state index is -0.472. The van der Waals surface area contributed by atoms with Crippen LogP contribution in [-0.2, 0) is 7.05 Å². The molecule has 116 valence electrons. The molecule has 1 heterocycles. The fourth-order valence-electron chi connectivity index (χ4n) is 1.79. The quantitative estimate of drug-likeness (QED) is 0.663. The first kappa shape index (κ1) is 15.6. The molecule has 2 rings (SSSR count). The molecule has 0 bridgehead atoms. The van der Waals surface area contributed by atoms with E-state index in [0.29, 0.717) is 5.82 Å². The van der Waals surface area contributed by atoms with E-state index in [1.165, 1.54) is 18.1 Å². The number of aromatic amines is 1. The number of hydrazone groups is 1. The molecule has 0 aliphatic rings. The summed E-state index contributed by atoms with van der Waals surface area (Å²) in [5, 5.41) is 5.67. The number of nitrogens with one attached hydrogen (secondary N) is 1. The molecule has 0 amide bonds. The van der Waals surface area contributed by atoms with Crippen LogP contribution in [0.5, 0.6) is 0 Å². The van der Waals surface area contributed by atoms with Crippen LogP contribution in [0.2, 0.25) is 0 Å². The Labute approximate surface area is 128 Å². The molecule has 0 spiro atoms. The lowest BCUT2D eigenvalue weighted by atomic mass is 10.2. The SMILES string of the molecule is CN(C)c1ccc(C=NN(C)c2cc(=O)n(C)c(=O)[nH]2)cc1. The van der Waals surface area contributed by atoms with Crippen LogP contribution in [0.25, 0.3) is 0 Å². The summed E-state index contributed by atoms with van der Waals surface area (Å²) in [6, 6.07) is 9.19. The summed E-state index contributed by atoms with van der Waals surface area (Å²) in [5.41, 5.74) is 1.17. The van der Waals surface area contributed by atoms with E-state index in [1.54, 1.807) is 13.3 Å². The van der Waals surface area contributed by atoms with E-state index in [9.17, 15) is 9.59 Å². The van der Waals surface area contributed by atoms with Gasteiger partial charge in [-0.1, -0.05) is 12.1 Å². The third-order valence-corrected chi connectivity index (χ3v) is 3.27. The van der Waals surface area contributed by atoms with Crippen LogP contribution in [0.4, 0.5) is 11.5 Å². The minimum absolute atomic E-state index is 0.342. The van der Waals surface area contributed by atoms with Gasteiger partial charge >= 0.3 is 5.69 Å². The average molecular weight is 301 g/mol. The van der Waals surface area contributed by atoms with Crippen molar-refractivity contribution in [3.63, 3.8) is 0 Å². The van der Waals surface area contributed by atoms with E-state index < -0.39 is 5.69 Å². The van der Waals surface area contributed by atoms with E-state index in [2.05, 4.69) is 10.1 Å². The molecular formula is C15H19N5O2. The molecule has 1 N–H and O–H groups in total. The lowest BCUT2D eigenvalue weighted by molar-refractivity contribution is 0.766. The maximum atomic E-state index is 11.6. The highest BCUT2D eigenvalue weighted by atomic mass is 16.2. The van der Waals surface area contributed by atoms with Crippen molar-refractivity contribution in [3.05, 3.63) is 56.7 Å². The van der Waals surface area contributed by atoms with Gasteiger partial charge < -0.3 is 4.90 Å². The van der Waals surface area contributed by atoms with Crippen LogP contribution < -0.4 is 21.2 Å². The summed E-state index contributed by atoms with van der Waals surface area (Å²) in [7, 11) is 7.03. The predicted molar refractivity (Wildman–Crippen MR) is 89.1 cm³/mol. The Bertz CT molecular complexity index is 756. The zero-order valence-corrected chi connectivity index (χ0v) is 13.1. The molecule has 0 radical (unpaired) electrons. The molecule has 7 heteroatoms. The van der Waals surface area contributed by atoms with Crippen molar-refractivity contribution in [1.82, 2.24) is 9.55 Å². The molecule has 2 aromatic rings. The molecule has 0 unspecified atom stereocenters. The smallest absolute Gasteiger partial charge is 0.329 e. The van der Waals surface area contributed by atoms with Crippen molar-refractivity contribution in [2.45, 2.75) is 0 Å². The molecule has 0 atom stereocenters. The van der Waals surface area contributed by atoms with Gasteiger partial charge in [0.1, 0.15) is 5.82 Å². The number of rotatable bonds is 4. The van der Waals surface area contributed by atoms with Crippen LogP contribution in [0.1, 0.15) is 5.56 Å². The topological polar surface area (TPSA) is 73.7 Å². The zero-order valence-electron chi connectivity index (χ0n) is 13.1. The molecule has 1 aromatic carbocycles. The summed E-state index contributed by atoms with van der Waals surface area (Å²) in [6.07, 6.45) is 1.66. The van der Waals surface area contributed by atoms with E-state index >= 15 is 0 Å². The standard InChI is InChI=1S/C15H19N5O2/c1-18(2)12-7-5-11(6-8-12)10-16-20(4)13-9-14(21)19(3)15(22)17-13/h5-10H,1-4H3,(H,17,22). The van der Waals surface area contributed by atoms with Gasteiger partial charge in [0, 0.05) is 39.9 Å². The summed E-state index contributed by atoms with van der Waals surface area (Å²) < 4.78 is 1.00. The second-order valence-electron chi connectivity index (χ2n) is 5.11. The number of hydrogen-bond donors (Lipinski definition) is 1. The summed E-state index contributed by atoms with van der Waals surface area (Å²) >= 11 is 0. The van der Waals surface area contributed by atoms with Gasteiger partial charge in [0.2, 0.25) is 0 Å². The van der Waals surface area contributed by atoms with Crippen LogP contribution in [-0.4, -0.2) is 36.9 Å². The maximum absolute atomic E-state index is 11.6. The first-order valence-corrected chi connectivity index (χ1v) is 6.74. The molecule has 0 saturated heterocycles. The highest BCUT2D eigenvalue weighted by Gasteiger charge is 2.04. The van der Waals surface area contributed by atoms with Crippen molar-refractivity contribution < 1.29 is 0 Å². The fourth-order valence-corrected chi connectivity index (χ4v) is 1.79. The lowest BCUT2D eigenvalue weighted by Gasteiger charge is -2.13. The Hall–Kier alpha value is -2.83. The van der Waals surface area contributed by atoms with Crippen LogP contribution in [0, 0.1) is 0 Å². The fraction of sp³-hybridized carbons (Fsp3) is 0.267.